The Morgan fingerprint density at radius 3 is 2.38 bits per heavy atom. The maximum Gasteiger partial charge on any atom is 0.313 e. The third-order valence-corrected chi connectivity index (χ3v) is 2.30. The van der Waals surface area contributed by atoms with Gasteiger partial charge in [-0.15, -0.1) is 0 Å². The fraction of sp³-hybridized carbons (Fsp3) is 0.111. The number of hydrogen-bond donors (Lipinski definition) is 2. The van der Waals surface area contributed by atoms with Crippen LogP contribution >= 0.6 is 15.9 Å². The molecule has 0 aliphatic rings. The summed E-state index contributed by atoms with van der Waals surface area (Å²) in [6, 6.07) is 1.58. The molecule has 0 aromatic heterocycles. The molecule has 0 atom stereocenters. The number of hydrogen-bond acceptors (Lipinski definition) is 2. The summed E-state index contributed by atoms with van der Waals surface area (Å²) in [5.74, 6) is -3.71. The molecule has 1 aromatic rings. The van der Waals surface area contributed by atoms with E-state index in [0.29, 0.717) is 6.07 Å². The number of rotatable bonds is 1. The third kappa shape index (κ3) is 2.75. The number of carbonyl (C=O) groups excluding carboxylic acids is 2. The Bertz CT molecular complexity index is 428. The third-order valence-electron chi connectivity index (χ3n) is 1.68. The standard InChI is InChI=1S/C9H7BrF2N2O2/c1-13-8(15)9(16)14-7-5(10)2-4(11)3-6(7)12/h2-3H,1H3,(H,13,15)(H,14,16). The van der Waals surface area contributed by atoms with E-state index in [0.717, 1.165) is 6.07 Å². The van der Waals surface area contributed by atoms with Gasteiger partial charge < -0.3 is 10.6 Å². The summed E-state index contributed by atoms with van der Waals surface area (Å²) in [4.78, 5) is 22.0. The molecule has 1 rings (SSSR count). The molecule has 0 aliphatic heterocycles. The molecular weight excluding hydrogens is 286 g/mol. The van der Waals surface area contributed by atoms with Crippen LogP contribution in [0.1, 0.15) is 0 Å². The molecule has 86 valence electrons. The van der Waals surface area contributed by atoms with Crippen LogP contribution in [0.4, 0.5) is 14.5 Å². The topological polar surface area (TPSA) is 58.2 Å². The van der Waals surface area contributed by atoms with Crippen molar-refractivity contribution in [3.8, 4) is 0 Å². The van der Waals surface area contributed by atoms with Gasteiger partial charge in [-0.2, -0.15) is 0 Å². The molecule has 0 bridgehead atoms. The first-order valence-electron chi connectivity index (χ1n) is 4.13. The second-order valence-electron chi connectivity index (χ2n) is 2.78. The number of anilines is 1. The summed E-state index contributed by atoms with van der Waals surface area (Å²) < 4.78 is 25.9. The summed E-state index contributed by atoms with van der Waals surface area (Å²) in [7, 11) is 1.26. The normalized spacial score (nSPS) is 9.75. The van der Waals surface area contributed by atoms with Gasteiger partial charge in [0.2, 0.25) is 0 Å². The summed E-state index contributed by atoms with van der Waals surface area (Å²) in [5, 5.41) is 4.09. The zero-order chi connectivity index (χ0) is 12.3. The quantitative estimate of drug-likeness (QED) is 0.769. The number of amides is 2. The van der Waals surface area contributed by atoms with E-state index < -0.39 is 23.4 Å². The van der Waals surface area contributed by atoms with E-state index in [9.17, 15) is 18.4 Å². The average Bonchev–Trinajstić information content (AvgIpc) is 2.21. The maximum atomic E-state index is 13.2. The zero-order valence-corrected chi connectivity index (χ0v) is 9.69. The lowest BCUT2D eigenvalue weighted by Gasteiger charge is -2.07. The Labute approximate surface area is 98.1 Å². The lowest BCUT2D eigenvalue weighted by Crippen LogP contribution is -2.33. The van der Waals surface area contributed by atoms with Crippen molar-refractivity contribution in [1.82, 2.24) is 5.32 Å². The summed E-state index contributed by atoms with van der Waals surface area (Å²) in [5.41, 5.74) is -0.282. The average molecular weight is 293 g/mol. The van der Waals surface area contributed by atoms with Crippen molar-refractivity contribution in [2.45, 2.75) is 0 Å². The predicted octanol–water partition coefficient (Wildman–Crippen LogP) is 1.41. The molecule has 0 radical (unpaired) electrons. The van der Waals surface area contributed by atoms with Crippen LogP contribution in [0.2, 0.25) is 0 Å². The Morgan fingerprint density at radius 1 is 1.25 bits per heavy atom. The van der Waals surface area contributed by atoms with Gasteiger partial charge in [0.1, 0.15) is 5.82 Å². The van der Waals surface area contributed by atoms with Crippen LogP contribution in [0.25, 0.3) is 0 Å². The van der Waals surface area contributed by atoms with Gasteiger partial charge in [0.15, 0.2) is 5.82 Å². The van der Waals surface area contributed by atoms with Gasteiger partial charge in [-0.25, -0.2) is 8.78 Å². The summed E-state index contributed by atoms with van der Waals surface area (Å²) in [6.45, 7) is 0. The summed E-state index contributed by atoms with van der Waals surface area (Å²) in [6.07, 6.45) is 0. The van der Waals surface area contributed by atoms with Crippen molar-refractivity contribution in [3.63, 3.8) is 0 Å². The highest BCUT2D eigenvalue weighted by molar-refractivity contribution is 9.10. The van der Waals surface area contributed by atoms with Gasteiger partial charge in [0.25, 0.3) is 0 Å². The Hall–Kier alpha value is -1.50. The number of carbonyl (C=O) groups is 2. The van der Waals surface area contributed by atoms with Gasteiger partial charge in [0, 0.05) is 17.6 Å². The van der Waals surface area contributed by atoms with Crippen LogP contribution in [0.3, 0.4) is 0 Å². The molecule has 0 heterocycles. The van der Waals surface area contributed by atoms with Crippen LogP contribution in [-0.4, -0.2) is 18.9 Å². The van der Waals surface area contributed by atoms with Crippen molar-refractivity contribution in [1.29, 1.82) is 0 Å². The Balaban J connectivity index is 2.98. The van der Waals surface area contributed by atoms with E-state index in [1.54, 1.807) is 0 Å². The van der Waals surface area contributed by atoms with Gasteiger partial charge in [-0.3, -0.25) is 9.59 Å². The minimum absolute atomic E-state index is 0.0160. The Morgan fingerprint density at radius 2 is 1.88 bits per heavy atom. The minimum Gasteiger partial charge on any atom is -0.351 e. The van der Waals surface area contributed by atoms with E-state index in [1.807, 2.05) is 5.32 Å². The van der Waals surface area contributed by atoms with Crippen LogP contribution < -0.4 is 10.6 Å². The van der Waals surface area contributed by atoms with E-state index in [1.165, 1.54) is 7.05 Å². The monoisotopic (exact) mass is 292 g/mol. The molecule has 16 heavy (non-hydrogen) atoms. The van der Waals surface area contributed by atoms with Crippen molar-refractivity contribution in [2.75, 3.05) is 12.4 Å². The van der Waals surface area contributed by atoms with Crippen molar-refractivity contribution in [3.05, 3.63) is 28.2 Å². The second-order valence-corrected chi connectivity index (χ2v) is 3.63. The highest BCUT2D eigenvalue weighted by atomic mass is 79.9. The van der Waals surface area contributed by atoms with Crippen LogP contribution in [-0.2, 0) is 9.59 Å². The molecule has 7 heteroatoms. The summed E-state index contributed by atoms with van der Waals surface area (Å²) >= 11 is 2.87. The van der Waals surface area contributed by atoms with Crippen LogP contribution in [0, 0.1) is 11.6 Å². The highest BCUT2D eigenvalue weighted by Crippen LogP contribution is 2.26. The Kier molecular flexibility index (Phi) is 3.94. The van der Waals surface area contributed by atoms with Gasteiger partial charge in [-0.05, 0) is 22.0 Å². The molecule has 0 aliphatic carbocycles. The first-order chi connectivity index (χ1) is 7.45. The first kappa shape index (κ1) is 12.6. The molecule has 0 unspecified atom stereocenters. The van der Waals surface area contributed by atoms with Crippen LogP contribution in [0.5, 0.6) is 0 Å². The van der Waals surface area contributed by atoms with Crippen molar-refractivity contribution < 1.29 is 18.4 Å². The zero-order valence-electron chi connectivity index (χ0n) is 8.11. The lowest BCUT2D eigenvalue weighted by atomic mass is 10.3. The second kappa shape index (κ2) is 5.02. The fourth-order valence-corrected chi connectivity index (χ4v) is 1.45. The van der Waals surface area contributed by atoms with Crippen LogP contribution in [0.15, 0.2) is 16.6 Å². The van der Waals surface area contributed by atoms with E-state index in [-0.39, 0.29) is 10.2 Å². The van der Waals surface area contributed by atoms with Gasteiger partial charge >= 0.3 is 11.8 Å². The fourth-order valence-electron chi connectivity index (χ4n) is 0.945. The predicted molar refractivity (Wildman–Crippen MR) is 56.8 cm³/mol. The van der Waals surface area contributed by atoms with E-state index in [2.05, 4.69) is 21.2 Å². The first-order valence-corrected chi connectivity index (χ1v) is 4.92. The lowest BCUT2D eigenvalue weighted by molar-refractivity contribution is -0.135. The maximum absolute atomic E-state index is 13.2. The van der Waals surface area contributed by atoms with Gasteiger partial charge in [-0.1, -0.05) is 0 Å². The molecule has 2 amide bonds. The van der Waals surface area contributed by atoms with Gasteiger partial charge in [0.05, 0.1) is 5.69 Å². The highest BCUT2D eigenvalue weighted by Gasteiger charge is 2.16. The molecule has 0 fully saturated rings. The number of likely N-dealkylation sites (N-methyl/N-ethyl adjacent to an activating group) is 1. The smallest absolute Gasteiger partial charge is 0.313 e. The minimum atomic E-state index is -1.03. The largest absolute Gasteiger partial charge is 0.351 e. The van der Waals surface area contributed by atoms with E-state index >= 15 is 0 Å². The van der Waals surface area contributed by atoms with E-state index in [4.69, 9.17) is 0 Å². The van der Waals surface area contributed by atoms with Crippen molar-refractivity contribution in [2.24, 2.45) is 0 Å². The molecule has 0 saturated heterocycles. The van der Waals surface area contributed by atoms with Crippen molar-refractivity contribution >= 4 is 33.4 Å². The molecule has 0 spiro atoms. The molecule has 4 nitrogen and oxygen atoms in total. The SMILES string of the molecule is CNC(=O)C(=O)Nc1c(F)cc(F)cc1Br. The molecule has 0 saturated carbocycles. The molecule has 1 aromatic carbocycles. The number of nitrogens with one attached hydrogen (secondary N) is 2. The molecule has 2 N–H and O–H groups in total. The number of halogens is 3. The molecular formula is C9H7BrF2N2O2. The number of benzene rings is 1.